The van der Waals surface area contributed by atoms with Crippen molar-refractivity contribution in [1.29, 1.82) is 0 Å². The lowest BCUT2D eigenvalue weighted by Gasteiger charge is -2.07. The number of benzene rings is 15. The van der Waals surface area contributed by atoms with Gasteiger partial charge in [0.2, 0.25) is 0 Å². The van der Waals surface area contributed by atoms with Crippen molar-refractivity contribution >= 4 is 0 Å². The Balaban J connectivity index is 0.000000173. The number of aryl methyl sites for hydroxylation is 10. The Morgan fingerprint density at radius 1 is 0.152 bits per heavy atom. The van der Waals surface area contributed by atoms with Gasteiger partial charge in [-0.05, 0) is 309 Å². The van der Waals surface area contributed by atoms with Crippen LogP contribution in [0.2, 0.25) is 0 Å². The number of hydrogen-bond acceptors (Lipinski definition) is 0. The number of unbranched alkanes of at least 4 members (excludes halogenated alkanes) is 8. The number of halogens is 10. The normalized spacial score (nSPS) is 10.5. The van der Waals surface area contributed by atoms with E-state index in [1.165, 1.54) is 63.4 Å². The van der Waals surface area contributed by atoms with Crippen LogP contribution >= 0.6 is 0 Å². The second-order valence-corrected chi connectivity index (χ2v) is 36.5. The average Bonchev–Trinajstić information content (AvgIpc) is 0.843. The minimum atomic E-state index is -0.903. The van der Waals surface area contributed by atoms with Gasteiger partial charge in [0.25, 0.3) is 0 Å². The zero-order valence-electron chi connectivity index (χ0n) is 85.3. The van der Waals surface area contributed by atoms with E-state index in [0.717, 1.165) is 187 Å². The first kappa shape index (κ1) is 111. The summed E-state index contributed by atoms with van der Waals surface area (Å²) < 4.78 is 146. The van der Waals surface area contributed by atoms with Gasteiger partial charge in [0, 0.05) is 55.6 Å². The van der Waals surface area contributed by atoms with Gasteiger partial charge in [0.1, 0.15) is 0 Å². The molecule has 0 aromatic heterocycles. The molecule has 0 spiro atoms. The van der Waals surface area contributed by atoms with Gasteiger partial charge in [-0.25, -0.2) is 43.9 Å². The molecule has 0 atom stereocenters. The molecular weight excluding hydrogens is 1810 g/mol. The van der Waals surface area contributed by atoms with Gasteiger partial charge in [-0.1, -0.05) is 367 Å². The summed E-state index contributed by atoms with van der Waals surface area (Å²) in [5.74, 6) is 19.8. The van der Waals surface area contributed by atoms with E-state index in [0.29, 0.717) is 27.8 Å². The van der Waals surface area contributed by atoms with E-state index < -0.39 is 58.2 Å². The van der Waals surface area contributed by atoms with Gasteiger partial charge in [-0.15, -0.1) is 0 Å². The molecule has 15 aromatic rings. The van der Waals surface area contributed by atoms with Crippen LogP contribution in [-0.4, -0.2) is 0 Å². The third kappa shape index (κ3) is 33.8. The van der Waals surface area contributed by atoms with E-state index >= 15 is 0 Å². The second-order valence-electron chi connectivity index (χ2n) is 36.5. The van der Waals surface area contributed by atoms with Crippen LogP contribution in [0.15, 0.2) is 303 Å². The summed E-state index contributed by atoms with van der Waals surface area (Å²) in [6.07, 6.45) is 27.5. The van der Waals surface area contributed by atoms with Crippen LogP contribution in [0.5, 0.6) is 0 Å². The predicted octanol–water partition coefficient (Wildman–Crippen LogP) is 36.8. The van der Waals surface area contributed by atoms with Gasteiger partial charge in [0.05, 0.1) is 27.8 Å². The Morgan fingerprint density at radius 3 is 0.510 bits per heavy atom. The molecule has 0 heterocycles. The lowest BCUT2D eigenvalue weighted by atomic mass is 9.99. The smallest absolute Gasteiger partial charge is 0.175 e. The Bertz CT molecular complexity index is 7000. The lowest BCUT2D eigenvalue weighted by molar-refractivity contribution is 0.509. The molecule has 15 rings (SSSR count). The topological polar surface area (TPSA) is 0 Å². The van der Waals surface area contributed by atoms with Crippen LogP contribution < -0.4 is 0 Å². The van der Waals surface area contributed by atoms with Crippen LogP contribution in [0, 0.1) is 124 Å². The highest BCUT2D eigenvalue weighted by atomic mass is 19.2. The fourth-order valence-corrected chi connectivity index (χ4v) is 16.2. The molecule has 0 bridgehead atoms. The SMILES string of the molecule is CCCCCc1ccc(-c2ccc(C#Cc3ccc(CCCC)cc3)c(F)c2F)cc1.CCCCc1ccc(C#Cc2ccc(-c3ccc(C)cc3)c(F)c2F)cc1.CCCCc1ccc(C#Cc2ccc(-c3ccc(CC)cc3)c(F)c2F)cc1.CCCCc1ccc(C#Cc2ccc(-c3ccc(CCC)cc3)c(F)c2F)cc1.CCCCc1ccc(C#Cc2ccc(-c3ccc(CCCC)cc3)c(F)c2F)cc1. The molecule has 0 radical (unpaired) electrons. The molecule has 0 nitrogen and oxygen atoms in total. The number of hydrogen-bond donors (Lipinski definition) is 0. The van der Waals surface area contributed by atoms with Crippen LogP contribution in [0.3, 0.4) is 0 Å². The van der Waals surface area contributed by atoms with Crippen molar-refractivity contribution in [3.8, 4) is 115 Å². The van der Waals surface area contributed by atoms with E-state index in [9.17, 15) is 43.9 Å². The monoisotopic (exact) mass is 1940 g/mol. The highest BCUT2D eigenvalue weighted by molar-refractivity contribution is 5.71. The zero-order valence-corrected chi connectivity index (χ0v) is 85.3. The molecule has 0 aliphatic rings. The highest BCUT2D eigenvalue weighted by Crippen LogP contribution is 2.34. The molecule has 15 aromatic carbocycles. The van der Waals surface area contributed by atoms with Crippen LogP contribution in [0.4, 0.5) is 43.9 Å². The largest absolute Gasteiger partial charge is 0.203 e. The summed E-state index contributed by atoms with van der Waals surface area (Å²) in [6, 6.07) is 93.4. The fraction of sp³-hybridized carbons (Fsp3) is 0.259. The second kappa shape index (κ2) is 58.8. The summed E-state index contributed by atoms with van der Waals surface area (Å²) in [5.41, 5.74) is 21.2. The summed E-state index contributed by atoms with van der Waals surface area (Å²) in [4.78, 5) is 0. The molecule has 740 valence electrons. The summed E-state index contributed by atoms with van der Waals surface area (Å²) in [6.45, 7) is 21.3. The maximum atomic E-state index is 14.8. The molecule has 0 fully saturated rings. The Hall–Kier alpha value is -14.6. The highest BCUT2D eigenvalue weighted by Gasteiger charge is 2.21. The molecule has 0 unspecified atom stereocenters. The molecule has 0 N–H and O–H groups in total. The predicted molar refractivity (Wildman–Crippen MR) is 584 cm³/mol. The molecule has 0 saturated carbocycles. The Kier molecular flexibility index (Phi) is 45.0. The van der Waals surface area contributed by atoms with E-state index in [2.05, 4.69) is 122 Å². The van der Waals surface area contributed by atoms with E-state index in [1.807, 2.05) is 237 Å². The van der Waals surface area contributed by atoms with Crippen LogP contribution in [0.1, 0.15) is 276 Å². The third-order valence-electron chi connectivity index (χ3n) is 25.2. The zero-order chi connectivity index (χ0) is 103. The minimum absolute atomic E-state index is 0.0680. The summed E-state index contributed by atoms with van der Waals surface area (Å²) in [7, 11) is 0. The van der Waals surface area contributed by atoms with Crippen LogP contribution in [0.25, 0.3) is 55.6 Å². The van der Waals surface area contributed by atoms with Gasteiger partial charge in [-0.2, -0.15) is 0 Å². The molecule has 145 heavy (non-hydrogen) atoms. The first-order valence-corrected chi connectivity index (χ1v) is 51.5. The molecule has 10 heteroatoms. The van der Waals surface area contributed by atoms with Crippen molar-refractivity contribution < 1.29 is 43.9 Å². The molecule has 0 aliphatic carbocycles. The van der Waals surface area contributed by atoms with Gasteiger partial charge in [-0.3, -0.25) is 0 Å². The lowest BCUT2D eigenvalue weighted by Crippen LogP contribution is -1.94. The quantitative estimate of drug-likeness (QED) is 0.0239. The van der Waals surface area contributed by atoms with E-state index in [-0.39, 0.29) is 55.6 Å². The first-order valence-electron chi connectivity index (χ1n) is 51.5. The van der Waals surface area contributed by atoms with Gasteiger partial charge < -0.3 is 0 Å². The van der Waals surface area contributed by atoms with E-state index in [1.54, 1.807) is 66.7 Å². The Morgan fingerprint density at radius 2 is 0.324 bits per heavy atom. The van der Waals surface area contributed by atoms with Crippen molar-refractivity contribution in [2.75, 3.05) is 0 Å². The maximum Gasteiger partial charge on any atom is 0.175 e. The molecule has 0 amide bonds. The van der Waals surface area contributed by atoms with Crippen molar-refractivity contribution in [3.63, 3.8) is 0 Å². The standard InChI is InChI=1S/C29H30F2.C28H28F2.C27H26F2.C26H24F2.C25H22F2/c1-3-5-7-9-23-14-17-25(18-15-23)27-21-20-26(28(30)29(27)31)19-16-24-12-10-22(11-13-24)8-6-4-2;1-3-5-7-21-9-11-23(12-10-21)15-18-25-19-20-26(28(30)27(25)29)24-16-13-22(14-17-24)8-6-4-2;1-3-5-7-21-8-10-22(11-9-21)14-17-24-18-19-25(27(29)26(24)28)23-15-12-20(6-4-2)13-16-23;1-3-5-6-20-7-9-21(10-8-20)13-16-23-17-18-24(26(28)25(23)27)22-14-11-19(4-2)12-15-22;1-3-4-5-19-8-10-20(11-9-19)12-15-22-16-17-23(25(27)24(22)26)21-13-6-18(2)7-14-21/h10-15,17-18,20-21H,3-9H2,1-2H3;9-14,16-17,19-20H,3-8H2,1-2H3;8-13,15-16,18-19H,3-7H2,1-2H3;7-12,14-15,17-18H,3-6H2,1-2H3;6-11,13-14,16-17H,3-5H2,1-2H3. The third-order valence-corrected chi connectivity index (χ3v) is 25.2. The molecule has 0 aliphatic heterocycles. The first-order chi connectivity index (χ1) is 70.6. The maximum absolute atomic E-state index is 14.8. The summed E-state index contributed by atoms with van der Waals surface area (Å²) in [5, 5.41) is 0. The number of rotatable bonds is 30. The summed E-state index contributed by atoms with van der Waals surface area (Å²) >= 11 is 0. The molecular formula is C135H130F10. The van der Waals surface area contributed by atoms with Gasteiger partial charge in [0.15, 0.2) is 58.2 Å². The van der Waals surface area contributed by atoms with Crippen molar-refractivity contribution in [2.45, 2.75) is 230 Å². The van der Waals surface area contributed by atoms with Crippen LogP contribution in [-0.2, 0) is 57.8 Å². The van der Waals surface area contributed by atoms with Gasteiger partial charge >= 0.3 is 0 Å². The molecule has 0 saturated heterocycles. The average molecular weight is 1940 g/mol. The van der Waals surface area contributed by atoms with Crippen molar-refractivity contribution in [1.82, 2.24) is 0 Å². The Labute approximate surface area is 855 Å². The van der Waals surface area contributed by atoms with Crippen molar-refractivity contribution in [3.05, 3.63) is 473 Å². The minimum Gasteiger partial charge on any atom is -0.203 e. The van der Waals surface area contributed by atoms with Crippen molar-refractivity contribution in [2.24, 2.45) is 0 Å². The van der Waals surface area contributed by atoms with E-state index in [4.69, 9.17) is 0 Å². The fourth-order valence-electron chi connectivity index (χ4n) is 16.2.